The van der Waals surface area contributed by atoms with Crippen molar-refractivity contribution in [2.24, 2.45) is 0 Å². The Bertz CT molecular complexity index is 497. The van der Waals surface area contributed by atoms with E-state index in [9.17, 15) is 8.42 Å². The number of rotatable bonds is 6. The predicted molar refractivity (Wildman–Crippen MR) is 84.3 cm³/mol. The van der Waals surface area contributed by atoms with Crippen LogP contribution in [0.1, 0.15) is 13.3 Å². The molecule has 0 unspecified atom stereocenters. The van der Waals surface area contributed by atoms with Crippen molar-refractivity contribution in [1.29, 1.82) is 0 Å². The van der Waals surface area contributed by atoms with Crippen LogP contribution in [0.4, 0.5) is 5.69 Å². The molecule has 0 saturated heterocycles. The first kappa shape index (κ1) is 16.3. The second-order valence-electron chi connectivity index (χ2n) is 3.82. The van der Waals surface area contributed by atoms with Gasteiger partial charge in [0.15, 0.2) is 9.84 Å². The van der Waals surface area contributed by atoms with Crippen molar-refractivity contribution in [2.75, 3.05) is 23.4 Å². The molecule has 0 saturated carbocycles. The highest BCUT2D eigenvalue weighted by molar-refractivity contribution is 9.11. The van der Waals surface area contributed by atoms with E-state index in [0.29, 0.717) is 18.0 Å². The Morgan fingerprint density at radius 2 is 1.78 bits per heavy atom. The first-order valence-electron chi connectivity index (χ1n) is 5.44. The molecule has 3 nitrogen and oxygen atoms in total. The fraction of sp³-hybridized carbons (Fsp3) is 0.455. The summed E-state index contributed by atoms with van der Waals surface area (Å²) in [6.45, 7) is 2.23. The quantitative estimate of drug-likeness (QED) is 0.755. The lowest BCUT2D eigenvalue weighted by Crippen LogP contribution is -2.18. The van der Waals surface area contributed by atoms with Gasteiger partial charge in [-0.15, -0.1) is 0 Å². The minimum atomic E-state index is -2.95. The Hall–Kier alpha value is 0.220. The van der Waals surface area contributed by atoms with Gasteiger partial charge in [0, 0.05) is 26.3 Å². The molecule has 0 heterocycles. The number of benzene rings is 1. The highest BCUT2D eigenvalue weighted by Gasteiger charge is 2.11. The molecule has 0 aromatic heterocycles. The minimum absolute atomic E-state index is 0.127. The van der Waals surface area contributed by atoms with E-state index < -0.39 is 9.84 Å². The molecule has 7 heteroatoms. The van der Waals surface area contributed by atoms with Gasteiger partial charge in [0.25, 0.3) is 0 Å². The summed E-state index contributed by atoms with van der Waals surface area (Å²) in [6, 6.07) is 3.52. The third-order valence-electron chi connectivity index (χ3n) is 2.24. The van der Waals surface area contributed by atoms with E-state index in [4.69, 9.17) is 11.6 Å². The Kier molecular flexibility index (Phi) is 6.44. The largest absolute Gasteiger partial charge is 0.382 e. The summed E-state index contributed by atoms with van der Waals surface area (Å²) < 4.78 is 24.7. The number of hydrogen-bond donors (Lipinski definition) is 1. The maximum atomic E-state index is 11.6. The van der Waals surface area contributed by atoms with Crippen LogP contribution in [0.2, 0.25) is 5.02 Å². The third kappa shape index (κ3) is 5.07. The maximum absolute atomic E-state index is 11.6. The zero-order chi connectivity index (χ0) is 13.8. The molecule has 0 radical (unpaired) electrons. The minimum Gasteiger partial charge on any atom is -0.382 e. The van der Waals surface area contributed by atoms with Crippen molar-refractivity contribution in [3.05, 3.63) is 26.1 Å². The smallest absolute Gasteiger partial charge is 0.152 e. The highest BCUT2D eigenvalue weighted by atomic mass is 79.9. The highest BCUT2D eigenvalue weighted by Crippen LogP contribution is 2.33. The van der Waals surface area contributed by atoms with Crippen molar-refractivity contribution in [3.8, 4) is 0 Å². The molecule has 1 N–H and O–H groups in total. The summed E-state index contributed by atoms with van der Waals surface area (Å²) in [5, 5.41) is 3.70. The van der Waals surface area contributed by atoms with E-state index in [1.54, 1.807) is 12.1 Å². The van der Waals surface area contributed by atoms with Gasteiger partial charge in [-0.25, -0.2) is 8.42 Å². The summed E-state index contributed by atoms with van der Waals surface area (Å²) in [7, 11) is -2.95. The van der Waals surface area contributed by atoms with Crippen LogP contribution in [0.5, 0.6) is 0 Å². The fourth-order valence-electron chi connectivity index (χ4n) is 1.46. The first-order valence-corrected chi connectivity index (χ1v) is 9.23. The van der Waals surface area contributed by atoms with Crippen molar-refractivity contribution < 1.29 is 8.42 Å². The molecule has 1 rings (SSSR count). The van der Waals surface area contributed by atoms with Crippen molar-refractivity contribution in [1.82, 2.24) is 0 Å². The molecule has 0 fully saturated rings. The molecule has 0 spiro atoms. The average Bonchev–Trinajstić information content (AvgIpc) is 2.21. The van der Waals surface area contributed by atoms with E-state index in [2.05, 4.69) is 37.2 Å². The van der Waals surface area contributed by atoms with Crippen molar-refractivity contribution in [2.45, 2.75) is 13.3 Å². The molecule has 1 aromatic rings. The molecule has 0 atom stereocenters. The van der Waals surface area contributed by atoms with Gasteiger partial charge in [0.2, 0.25) is 0 Å². The number of halogens is 3. The second-order valence-corrected chi connectivity index (χ2v) is 8.27. The lowest BCUT2D eigenvalue weighted by Gasteiger charge is -2.11. The Morgan fingerprint density at radius 3 is 2.28 bits per heavy atom. The number of anilines is 1. The summed E-state index contributed by atoms with van der Waals surface area (Å²) in [5.74, 6) is 0.361. The van der Waals surface area contributed by atoms with E-state index in [-0.39, 0.29) is 11.5 Å². The van der Waals surface area contributed by atoms with Gasteiger partial charge in [-0.3, -0.25) is 0 Å². The lowest BCUT2D eigenvalue weighted by atomic mass is 10.3. The monoisotopic (exact) mass is 417 g/mol. The topological polar surface area (TPSA) is 46.2 Å². The molecule has 1 aromatic carbocycles. The number of hydrogen-bond acceptors (Lipinski definition) is 3. The molecular formula is C11H14Br2ClNO2S. The second kappa shape index (κ2) is 7.12. The van der Waals surface area contributed by atoms with E-state index in [0.717, 1.165) is 14.6 Å². The molecule has 0 bridgehead atoms. The Balaban J connectivity index is 2.65. The van der Waals surface area contributed by atoms with Crippen LogP contribution in [0.15, 0.2) is 21.1 Å². The van der Waals surface area contributed by atoms with Gasteiger partial charge in [-0.2, -0.15) is 0 Å². The van der Waals surface area contributed by atoms with Gasteiger partial charge in [-0.1, -0.05) is 18.5 Å². The molecule has 0 amide bonds. The van der Waals surface area contributed by atoms with Crippen molar-refractivity contribution >= 4 is 59.0 Å². The van der Waals surface area contributed by atoms with Crippen LogP contribution < -0.4 is 5.32 Å². The summed E-state index contributed by atoms with van der Waals surface area (Å²) in [5.41, 5.74) is 0.811. The maximum Gasteiger partial charge on any atom is 0.152 e. The Morgan fingerprint density at radius 1 is 1.22 bits per heavy atom. The van der Waals surface area contributed by atoms with Crippen LogP contribution in [0.25, 0.3) is 0 Å². The van der Waals surface area contributed by atoms with E-state index in [1.807, 2.05) is 6.92 Å². The van der Waals surface area contributed by atoms with Crippen LogP contribution in [0, 0.1) is 0 Å². The molecule has 0 aliphatic heterocycles. The molecule has 18 heavy (non-hydrogen) atoms. The van der Waals surface area contributed by atoms with E-state index >= 15 is 0 Å². The number of nitrogens with one attached hydrogen (secondary N) is 1. The lowest BCUT2D eigenvalue weighted by molar-refractivity contribution is 0.595. The summed E-state index contributed by atoms with van der Waals surface area (Å²) in [4.78, 5) is 0. The van der Waals surface area contributed by atoms with Crippen LogP contribution in [-0.4, -0.2) is 26.5 Å². The first-order chi connectivity index (χ1) is 8.35. The predicted octanol–water partition coefficient (Wildman–Crippen LogP) is 4.10. The molecular weight excluding hydrogens is 405 g/mol. The SMILES string of the molecule is CCCS(=O)(=O)CCNc1c(Br)cc(Cl)cc1Br. The fourth-order valence-corrected chi connectivity index (χ4v) is 4.64. The van der Waals surface area contributed by atoms with Gasteiger partial charge in [-0.05, 0) is 50.4 Å². The average molecular weight is 420 g/mol. The van der Waals surface area contributed by atoms with Gasteiger partial charge in [0.1, 0.15) is 0 Å². The van der Waals surface area contributed by atoms with E-state index in [1.165, 1.54) is 0 Å². The molecule has 0 aliphatic carbocycles. The normalized spacial score (nSPS) is 11.6. The summed E-state index contributed by atoms with van der Waals surface area (Å²) in [6.07, 6.45) is 0.649. The van der Waals surface area contributed by atoms with Crippen LogP contribution in [0.3, 0.4) is 0 Å². The Labute approximate surface area is 129 Å². The van der Waals surface area contributed by atoms with Crippen LogP contribution in [-0.2, 0) is 9.84 Å². The zero-order valence-corrected chi connectivity index (χ0v) is 14.6. The number of sulfone groups is 1. The van der Waals surface area contributed by atoms with Gasteiger partial charge in [0.05, 0.1) is 11.4 Å². The third-order valence-corrected chi connectivity index (χ3v) is 5.56. The molecule has 102 valence electrons. The van der Waals surface area contributed by atoms with Crippen molar-refractivity contribution in [3.63, 3.8) is 0 Å². The molecule has 0 aliphatic rings. The summed E-state index contributed by atoms with van der Waals surface area (Å²) >= 11 is 12.7. The van der Waals surface area contributed by atoms with Gasteiger partial charge < -0.3 is 5.32 Å². The van der Waals surface area contributed by atoms with Crippen LogP contribution >= 0.6 is 43.5 Å². The standard InChI is InChI=1S/C11H14Br2ClNO2S/c1-2-4-18(16,17)5-3-15-11-9(12)6-8(14)7-10(11)13/h6-7,15H,2-5H2,1H3. The van der Waals surface area contributed by atoms with Gasteiger partial charge >= 0.3 is 0 Å². The zero-order valence-electron chi connectivity index (χ0n) is 9.84.